The minimum absolute atomic E-state index is 0.446. The number of rotatable bonds is 5. The number of aromatic nitrogens is 2. The Hall–Kier alpha value is -1.69. The molecule has 0 radical (unpaired) electrons. The SMILES string of the molecule is C[C@H](NCc1cnc(N(C)C)nc1)C(=O)O. The van der Waals surface area contributed by atoms with Gasteiger partial charge in [-0.15, -0.1) is 0 Å². The molecule has 1 aromatic heterocycles. The molecule has 1 aromatic rings. The van der Waals surface area contributed by atoms with Crippen LogP contribution in [0.1, 0.15) is 12.5 Å². The van der Waals surface area contributed by atoms with Gasteiger partial charge in [-0.3, -0.25) is 4.79 Å². The summed E-state index contributed by atoms with van der Waals surface area (Å²) >= 11 is 0. The van der Waals surface area contributed by atoms with E-state index in [0.717, 1.165) is 5.56 Å². The highest BCUT2D eigenvalue weighted by Crippen LogP contribution is 2.02. The van der Waals surface area contributed by atoms with Crippen molar-refractivity contribution in [3.05, 3.63) is 18.0 Å². The molecule has 0 saturated heterocycles. The summed E-state index contributed by atoms with van der Waals surface area (Å²) in [4.78, 5) is 20.6. The molecule has 0 saturated carbocycles. The topological polar surface area (TPSA) is 78.4 Å². The molecule has 0 aliphatic carbocycles. The second-order valence-electron chi connectivity index (χ2n) is 3.73. The first-order valence-corrected chi connectivity index (χ1v) is 4.95. The Morgan fingerprint density at radius 3 is 2.50 bits per heavy atom. The molecule has 88 valence electrons. The maximum Gasteiger partial charge on any atom is 0.320 e. The molecule has 6 heteroatoms. The second-order valence-corrected chi connectivity index (χ2v) is 3.73. The minimum atomic E-state index is -0.870. The average molecular weight is 224 g/mol. The number of carboxylic acid groups (broad SMARTS) is 1. The Bertz CT molecular complexity index is 350. The van der Waals surface area contributed by atoms with Gasteiger partial charge in [-0.05, 0) is 6.92 Å². The van der Waals surface area contributed by atoms with E-state index in [-0.39, 0.29) is 0 Å². The van der Waals surface area contributed by atoms with E-state index in [1.54, 1.807) is 24.2 Å². The van der Waals surface area contributed by atoms with Gasteiger partial charge in [0.25, 0.3) is 0 Å². The van der Waals surface area contributed by atoms with Crippen molar-refractivity contribution in [2.75, 3.05) is 19.0 Å². The predicted octanol–water partition coefficient (Wildman–Crippen LogP) is 0.105. The van der Waals surface area contributed by atoms with Crippen LogP contribution >= 0.6 is 0 Å². The summed E-state index contributed by atoms with van der Waals surface area (Å²) in [5, 5.41) is 11.5. The van der Waals surface area contributed by atoms with Gasteiger partial charge in [0, 0.05) is 38.6 Å². The first kappa shape index (κ1) is 12.4. The van der Waals surface area contributed by atoms with E-state index < -0.39 is 12.0 Å². The van der Waals surface area contributed by atoms with Crippen LogP contribution in [0.25, 0.3) is 0 Å². The lowest BCUT2D eigenvalue weighted by atomic mass is 10.3. The minimum Gasteiger partial charge on any atom is -0.480 e. The highest BCUT2D eigenvalue weighted by Gasteiger charge is 2.09. The van der Waals surface area contributed by atoms with E-state index in [9.17, 15) is 4.79 Å². The van der Waals surface area contributed by atoms with Crippen molar-refractivity contribution in [1.82, 2.24) is 15.3 Å². The largest absolute Gasteiger partial charge is 0.480 e. The summed E-state index contributed by atoms with van der Waals surface area (Å²) in [6.07, 6.45) is 3.37. The molecule has 1 rings (SSSR count). The molecule has 0 bridgehead atoms. The number of nitrogens with one attached hydrogen (secondary N) is 1. The zero-order valence-electron chi connectivity index (χ0n) is 9.64. The zero-order chi connectivity index (χ0) is 12.1. The molecule has 6 nitrogen and oxygen atoms in total. The van der Waals surface area contributed by atoms with Crippen molar-refractivity contribution in [2.45, 2.75) is 19.5 Å². The van der Waals surface area contributed by atoms with Crippen LogP contribution in [0.3, 0.4) is 0 Å². The molecule has 0 aliphatic heterocycles. The first-order valence-electron chi connectivity index (χ1n) is 4.95. The number of hydrogen-bond acceptors (Lipinski definition) is 5. The molecular formula is C10H16N4O2. The standard InChI is InChI=1S/C10H16N4O2/c1-7(9(15)16)11-4-8-5-12-10(13-6-8)14(2)3/h5-7,11H,4H2,1-3H3,(H,15,16)/t7-/m0/s1. The van der Waals surface area contributed by atoms with Crippen molar-refractivity contribution in [3.8, 4) is 0 Å². The summed E-state index contributed by atoms with van der Waals surface area (Å²) in [5.41, 5.74) is 0.860. The van der Waals surface area contributed by atoms with Crippen LogP contribution in [0.15, 0.2) is 12.4 Å². The van der Waals surface area contributed by atoms with E-state index in [1.807, 2.05) is 14.1 Å². The van der Waals surface area contributed by atoms with Gasteiger partial charge < -0.3 is 15.3 Å². The van der Waals surface area contributed by atoms with Gasteiger partial charge in [-0.2, -0.15) is 0 Å². The van der Waals surface area contributed by atoms with Crippen LogP contribution in [0.5, 0.6) is 0 Å². The number of aliphatic carboxylic acids is 1. The lowest BCUT2D eigenvalue weighted by Crippen LogP contribution is -2.33. The highest BCUT2D eigenvalue weighted by molar-refractivity contribution is 5.72. The quantitative estimate of drug-likeness (QED) is 0.739. The van der Waals surface area contributed by atoms with Crippen molar-refractivity contribution in [1.29, 1.82) is 0 Å². The van der Waals surface area contributed by atoms with E-state index >= 15 is 0 Å². The zero-order valence-corrected chi connectivity index (χ0v) is 9.64. The van der Waals surface area contributed by atoms with E-state index in [4.69, 9.17) is 5.11 Å². The third kappa shape index (κ3) is 3.47. The monoisotopic (exact) mass is 224 g/mol. The molecule has 0 spiro atoms. The number of anilines is 1. The predicted molar refractivity (Wildman–Crippen MR) is 60.3 cm³/mol. The summed E-state index contributed by atoms with van der Waals surface area (Å²) < 4.78 is 0. The van der Waals surface area contributed by atoms with Gasteiger partial charge >= 0.3 is 5.97 Å². The molecule has 1 atom stereocenters. The molecule has 1 heterocycles. The molecular weight excluding hydrogens is 208 g/mol. The summed E-state index contributed by atoms with van der Waals surface area (Å²) in [6.45, 7) is 2.04. The van der Waals surface area contributed by atoms with Crippen molar-refractivity contribution in [2.24, 2.45) is 0 Å². The van der Waals surface area contributed by atoms with Gasteiger partial charge in [0.05, 0.1) is 0 Å². The first-order chi connectivity index (χ1) is 7.50. The van der Waals surface area contributed by atoms with Gasteiger partial charge in [0.2, 0.25) is 5.95 Å². The Balaban J connectivity index is 2.52. The fourth-order valence-corrected chi connectivity index (χ4v) is 1.03. The Morgan fingerprint density at radius 1 is 1.50 bits per heavy atom. The van der Waals surface area contributed by atoms with Gasteiger partial charge in [0.15, 0.2) is 0 Å². The van der Waals surface area contributed by atoms with Crippen molar-refractivity contribution >= 4 is 11.9 Å². The Kier molecular flexibility index (Phi) is 4.19. The van der Waals surface area contributed by atoms with Gasteiger partial charge in [0.1, 0.15) is 6.04 Å². The van der Waals surface area contributed by atoms with E-state index in [0.29, 0.717) is 12.5 Å². The van der Waals surface area contributed by atoms with Crippen LogP contribution in [-0.4, -0.2) is 41.2 Å². The second kappa shape index (κ2) is 5.41. The number of nitrogens with zero attached hydrogens (tertiary/aromatic N) is 3. The molecule has 0 unspecified atom stereocenters. The lowest BCUT2D eigenvalue weighted by Gasteiger charge is -2.11. The van der Waals surface area contributed by atoms with Crippen LogP contribution in [0, 0.1) is 0 Å². The van der Waals surface area contributed by atoms with Crippen LogP contribution in [-0.2, 0) is 11.3 Å². The Morgan fingerprint density at radius 2 is 2.06 bits per heavy atom. The summed E-state index contributed by atoms with van der Waals surface area (Å²) in [6, 6.07) is -0.575. The molecule has 0 fully saturated rings. The van der Waals surface area contributed by atoms with Crippen molar-refractivity contribution < 1.29 is 9.90 Å². The van der Waals surface area contributed by atoms with Crippen molar-refractivity contribution in [3.63, 3.8) is 0 Å². The maximum absolute atomic E-state index is 10.6. The fraction of sp³-hybridized carbons (Fsp3) is 0.500. The smallest absolute Gasteiger partial charge is 0.320 e. The average Bonchev–Trinajstić information content (AvgIpc) is 2.26. The summed E-state index contributed by atoms with van der Waals surface area (Å²) in [5.74, 6) is -0.235. The van der Waals surface area contributed by atoms with Crippen LogP contribution in [0.4, 0.5) is 5.95 Å². The third-order valence-corrected chi connectivity index (χ3v) is 2.07. The number of carboxylic acids is 1. The molecule has 0 aliphatic rings. The van der Waals surface area contributed by atoms with Crippen LogP contribution < -0.4 is 10.2 Å². The van der Waals surface area contributed by atoms with Gasteiger partial charge in [-0.1, -0.05) is 0 Å². The maximum atomic E-state index is 10.6. The number of carbonyl (C=O) groups is 1. The molecule has 0 aromatic carbocycles. The Labute approximate surface area is 94.3 Å². The molecule has 2 N–H and O–H groups in total. The van der Waals surface area contributed by atoms with E-state index in [2.05, 4.69) is 15.3 Å². The highest BCUT2D eigenvalue weighted by atomic mass is 16.4. The fourth-order valence-electron chi connectivity index (χ4n) is 1.03. The molecule has 0 amide bonds. The summed E-state index contributed by atoms with van der Waals surface area (Å²) in [7, 11) is 3.72. The van der Waals surface area contributed by atoms with Crippen LogP contribution in [0.2, 0.25) is 0 Å². The normalized spacial score (nSPS) is 12.2. The molecule has 16 heavy (non-hydrogen) atoms. The third-order valence-electron chi connectivity index (χ3n) is 2.07. The van der Waals surface area contributed by atoms with E-state index in [1.165, 1.54) is 0 Å². The lowest BCUT2D eigenvalue weighted by molar-refractivity contribution is -0.139. The number of hydrogen-bond donors (Lipinski definition) is 2. The van der Waals surface area contributed by atoms with Gasteiger partial charge in [-0.25, -0.2) is 9.97 Å².